The standard InChI is InChI=1S/C22H28N4O2/c1-18-7-9-19(10-8-18)16-25-11-13-26(14-12-25)17-22(27)24-23-15-20-5-3-4-6-21(20)28-2/h3-10,15H,11-14,16-17H2,1-2H3,(H,24,27). The summed E-state index contributed by atoms with van der Waals surface area (Å²) in [5, 5.41) is 4.05. The van der Waals surface area contributed by atoms with Gasteiger partial charge in [-0.3, -0.25) is 14.6 Å². The molecule has 1 aliphatic rings. The molecular formula is C22H28N4O2. The number of aryl methyl sites for hydroxylation is 1. The molecule has 2 aromatic carbocycles. The molecule has 0 atom stereocenters. The van der Waals surface area contributed by atoms with Crippen LogP contribution in [0.5, 0.6) is 5.75 Å². The topological polar surface area (TPSA) is 57.2 Å². The lowest BCUT2D eigenvalue weighted by atomic mass is 10.1. The Morgan fingerprint density at radius 2 is 1.75 bits per heavy atom. The molecule has 0 bridgehead atoms. The number of nitrogens with zero attached hydrogens (tertiary/aromatic N) is 3. The molecule has 1 heterocycles. The molecule has 3 rings (SSSR count). The van der Waals surface area contributed by atoms with E-state index in [2.05, 4.69) is 51.5 Å². The van der Waals surface area contributed by atoms with Crippen molar-refractivity contribution in [3.8, 4) is 5.75 Å². The molecule has 1 aliphatic heterocycles. The summed E-state index contributed by atoms with van der Waals surface area (Å²) < 4.78 is 5.27. The summed E-state index contributed by atoms with van der Waals surface area (Å²) in [6, 6.07) is 16.2. The van der Waals surface area contributed by atoms with Gasteiger partial charge >= 0.3 is 0 Å². The zero-order valence-electron chi connectivity index (χ0n) is 16.6. The van der Waals surface area contributed by atoms with Gasteiger partial charge in [-0.25, -0.2) is 5.43 Å². The summed E-state index contributed by atoms with van der Waals surface area (Å²) in [4.78, 5) is 16.7. The third-order valence-electron chi connectivity index (χ3n) is 4.89. The van der Waals surface area contributed by atoms with E-state index in [1.165, 1.54) is 11.1 Å². The summed E-state index contributed by atoms with van der Waals surface area (Å²) in [5.41, 5.74) is 6.06. The summed E-state index contributed by atoms with van der Waals surface area (Å²) in [5.74, 6) is 0.628. The molecule has 1 saturated heterocycles. The highest BCUT2D eigenvalue weighted by Gasteiger charge is 2.18. The Bertz CT molecular complexity index is 796. The van der Waals surface area contributed by atoms with Gasteiger partial charge in [0.2, 0.25) is 0 Å². The Hall–Kier alpha value is -2.70. The minimum Gasteiger partial charge on any atom is -0.496 e. The largest absolute Gasteiger partial charge is 0.496 e. The number of benzene rings is 2. The normalized spacial score (nSPS) is 15.6. The molecule has 2 aromatic rings. The highest BCUT2D eigenvalue weighted by molar-refractivity contribution is 5.85. The Morgan fingerprint density at radius 3 is 2.46 bits per heavy atom. The fourth-order valence-corrected chi connectivity index (χ4v) is 3.24. The monoisotopic (exact) mass is 380 g/mol. The van der Waals surface area contributed by atoms with Crippen LogP contribution in [0.2, 0.25) is 0 Å². The lowest BCUT2D eigenvalue weighted by Crippen LogP contribution is -2.48. The summed E-state index contributed by atoms with van der Waals surface area (Å²) in [6.45, 7) is 7.13. The predicted molar refractivity (Wildman–Crippen MR) is 112 cm³/mol. The van der Waals surface area contributed by atoms with Crippen LogP contribution in [0.1, 0.15) is 16.7 Å². The number of rotatable bonds is 7. The lowest BCUT2D eigenvalue weighted by Gasteiger charge is -2.34. The van der Waals surface area contributed by atoms with Gasteiger partial charge in [0.15, 0.2) is 0 Å². The van der Waals surface area contributed by atoms with Gasteiger partial charge in [0.1, 0.15) is 5.75 Å². The first-order valence-electron chi connectivity index (χ1n) is 9.59. The van der Waals surface area contributed by atoms with Crippen molar-refractivity contribution in [2.45, 2.75) is 13.5 Å². The number of nitrogens with one attached hydrogen (secondary N) is 1. The minimum atomic E-state index is -0.0990. The fraction of sp³-hybridized carbons (Fsp3) is 0.364. The molecule has 0 spiro atoms. The SMILES string of the molecule is COc1ccccc1C=NNC(=O)CN1CCN(Cc2ccc(C)cc2)CC1. The van der Waals surface area contributed by atoms with Gasteiger partial charge in [0.25, 0.3) is 5.91 Å². The van der Waals surface area contributed by atoms with E-state index in [0.29, 0.717) is 6.54 Å². The van der Waals surface area contributed by atoms with Gasteiger partial charge in [0.05, 0.1) is 19.9 Å². The third-order valence-corrected chi connectivity index (χ3v) is 4.89. The van der Waals surface area contributed by atoms with Crippen molar-refractivity contribution in [3.63, 3.8) is 0 Å². The molecular weight excluding hydrogens is 352 g/mol. The van der Waals surface area contributed by atoms with Crippen LogP contribution in [0.25, 0.3) is 0 Å². The minimum absolute atomic E-state index is 0.0990. The molecule has 6 nitrogen and oxygen atoms in total. The first-order chi connectivity index (χ1) is 13.6. The highest BCUT2D eigenvalue weighted by atomic mass is 16.5. The van der Waals surface area contributed by atoms with Crippen LogP contribution >= 0.6 is 0 Å². The van der Waals surface area contributed by atoms with E-state index < -0.39 is 0 Å². The Balaban J connectivity index is 1.40. The highest BCUT2D eigenvalue weighted by Crippen LogP contribution is 2.14. The number of para-hydroxylation sites is 1. The van der Waals surface area contributed by atoms with Crippen molar-refractivity contribution < 1.29 is 9.53 Å². The first kappa shape index (κ1) is 20.0. The van der Waals surface area contributed by atoms with Crippen molar-refractivity contribution in [2.24, 2.45) is 5.10 Å². The predicted octanol–water partition coefficient (Wildman–Crippen LogP) is 2.27. The molecule has 0 unspecified atom stereocenters. The van der Waals surface area contributed by atoms with Crippen molar-refractivity contribution in [2.75, 3.05) is 39.8 Å². The zero-order chi connectivity index (χ0) is 19.8. The van der Waals surface area contributed by atoms with Crippen LogP contribution in [0, 0.1) is 6.92 Å². The molecule has 1 amide bonds. The second-order valence-corrected chi connectivity index (χ2v) is 7.07. The molecule has 0 saturated carbocycles. The van der Waals surface area contributed by atoms with Crippen LogP contribution in [-0.4, -0.2) is 61.8 Å². The number of amides is 1. The third kappa shape index (κ3) is 5.90. The maximum atomic E-state index is 12.1. The first-order valence-corrected chi connectivity index (χ1v) is 9.59. The Morgan fingerprint density at radius 1 is 1.07 bits per heavy atom. The number of methoxy groups -OCH3 is 1. The van der Waals surface area contributed by atoms with E-state index in [1.807, 2.05) is 24.3 Å². The molecule has 148 valence electrons. The van der Waals surface area contributed by atoms with Crippen LogP contribution < -0.4 is 10.2 Å². The van der Waals surface area contributed by atoms with Gasteiger partial charge in [-0.05, 0) is 24.6 Å². The van der Waals surface area contributed by atoms with Crippen LogP contribution in [-0.2, 0) is 11.3 Å². The van der Waals surface area contributed by atoms with Crippen LogP contribution in [0.4, 0.5) is 0 Å². The quantitative estimate of drug-likeness (QED) is 0.591. The van der Waals surface area contributed by atoms with E-state index in [9.17, 15) is 4.79 Å². The number of hydrogen-bond acceptors (Lipinski definition) is 5. The second kappa shape index (κ2) is 10.0. The van der Waals surface area contributed by atoms with Crippen molar-refractivity contribution in [1.82, 2.24) is 15.2 Å². The van der Waals surface area contributed by atoms with E-state index in [4.69, 9.17) is 4.74 Å². The average molecular weight is 380 g/mol. The molecule has 28 heavy (non-hydrogen) atoms. The van der Waals surface area contributed by atoms with Gasteiger partial charge in [-0.15, -0.1) is 0 Å². The van der Waals surface area contributed by atoms with Crippen LogP contribution in [0.15, 0.2) is 53.6 Å². The Kier molecular flexibility index (Phi) is 7.17. The molecule has 6 heteroatoms. The van der Waals surface area contributed by atoms with Gasteiger partial charge in [-0.1, -0.05) is 42.0 Å². The smallest absolute Gasteiger partial charge is 0.254 e. The fourth-order valence-electron chi connectivity index (χ4n) is 3.24. The van der Waals surface area contributed by atoms with E-state index >= 15 is 0 Å². The van der Waals surface area contributed by atoms with E-state index in [1.54, 1.807) is 13.3 Å². The van der Waals surface area contributed by atoms with E-state index in [-0.39, 0.29) is 5.91 Å². The summed E-state index contributed by atoms with van der Waals surface area (Å²) in [7, 11) is 1.61. The molecule has 0 aliphatic carbocycles. The molecule has 1 fully saturated rings. The Labute approximate surface area is 166 Å². The second-order valence-electron chi connectivity index (χ2n) is 7.07. The van der Waals surface area contributed by atoms with Gasteiger partial charge in [-0.2, -0.15) is 5.10 Å². The molecule has 0 radical (unpaired) electrons. The van der Waals surface area contributed by atoms with Crippen molar-refractivity contribution in [1.29, 1.82) is 0 Å². The number of carbonyl (C=O) groups is 1. The number of hydrazone groups is 1. The summed E-state index contributed by atoms with van der Waals surface area (Å²) in [6.07, 6.45) is 1.61. The van der Waals surface area contributed by atoms with Gasteiger partial charge < -0.3 is 4.74 Å². The average Bonchev–Trinajstić information content (AvgIpc) is 2.71. The van der Waals surface area contributed by atoms with E-state index in [0.717, 1.165) is 44.0 Å². The maximum absolute atomic E-state index is 12.1. The number of piperazine rings is 1. The van der Waals surface area contributed by atoms with Gasteiger partial charge in [0, 0.05) is 38.3 Å². The zero-order valence-corrected chi connectivity index (χ0v) is 16.6. The summed E-state index contributed by atoms with van der Waals surface area (Å²) >= 11 is 0. The number of hydrogen-bond donors (Lipinski definition) is 1. The van der Waals surface area contributed by atoms with Crippen molar-refractivity contribution in [3.05, 3.63) is 65.2 Å². The molecule has 0 aromatic heterocycles. The number of carbonyl (C=O) groups excluding carboxylic acids is 1. The van der Waals surface area contributed by atoms with Crippen molar-refractivity contribution >= 4 is 12.1 Å². The lowest BCUT2D eigenvalue weighted by molar-refractivity contribution is -0.122. The van der Waals surface area contributed by atoms with Crippen LogP contribution in [0.3, 0.4) is 0 Å². The number of ether oxygens (including phenoxy) is 1. The maximum Gasteiger partial charge on any atom is 0.254 e. The molecule has 1 N–H and O–H groups in total.